The molecule has 2 aromatic rings. The molecule has 0 unspecified atom stereocenters. The van der Waals surface area contributed by atoms with Crippen LogP contribution in [0.2, 0.25) is 0 Å². The molecule has 0 fully saturated rings. The van der Waals surface area contributed by atoms with Gasteiger partial charge in [0.2, 0.25) is 0 Å². The molecule has 0 aromatic heterocycles. The molecule has 5 heteroatoms. The first-order valence-electron chi connectivity index (χ1n) is 6.15. The van der Waals surface area contributed by atoms with E-state index in [0.29, 0.717) is 5.69 Å². The van der Waals surface area contributed by atoms with Gasteiger partial charge in [0.25, 0.3) is 5.91 Å². The third-order valence-corrected chi connectivity index (χ3v) is 2.79. The number of carbonyl (C=O) groups excluding carboxylic acids is 1. The van der Waals surface area contributed by atoms with Crippen LogP contribution in [0.3, 0.4) is 0 Å². The largest absolute Gasteiger partial charge is 0.329 e. The summed E-state index contributed by atoms with van der Waals surface area (Å²) < 4.78 is 26.5. The number of nitrogens with two attached hydrogens (primary N) is 1. The van der Waals surface area contributed by atoms with Gasteiger partial charge < -0.3 is 10.6 Å². The van der Waals surface area contributed by atoms with Gasteiger partial charge in [-0.2, -0.15) is 0 Å². The summed E-state index contributed by atoms with van der Waals surface area (Å²) in [5, 5.41) is 0. The molecule has 0 atom stereocenters. The predicted octanol–water partition coefficient (Wildman–Crippen LogP) is 2.57. The topological polar surface area (TPSA) is 46.3 Å². The molecule has 0 aliphatic rings. The van der Waals surface area contributed by atoms with Crippen LogP contribution in [0.15, 0.2) is 48.5 Å². The molecule has 2 aromatic carbocycles. The summed E-state index contributed by atoms with van der Waals surface area (Å²) in [6, 6.07) is 11.0. The van der Waals surface area contributed by atoms with Crippen LogP contribution < -0.4 is 10.6 Å². The number of anilines is 1. The first-order valence-corrected chi connectivity index (χ1v) is 6.15. The van der Waals surface area contributed by atoms with Crippen molar-refractivity contribution in [3.05, 3.63) is 65.7 Å². The summed E-state index contributed by atoms with van der Waals surface area (Å²) in [7, 11) is 0. The van der Waals surface area contributed by atoms with Crippen LogP contribution in [0.1, 0.15) is 10.4 Å². The second kappa shape index (κ2) is 6.25. The van der Waals surface area contributed by atoms with Crippen molar-refractivity contribution in [2.45, 2.75) is 0 Å². The van der Waals surface area contributed by atoms with Gasteiger partial charge in [0.15, 0.2) is 0 Å². The van der Waals surface area contributed by atoms with Crippen LogP contribution in [0.5, 0.6) is 0 Å². The lowest BCUT2D eigenvalue weighted by atomic mass is 10.1. The Kier molecular flexibility index (Phi) is 4.42. The monoisotopic (exact) mass is 276 g/mol. The highest BCUT2D eigenvalue weighted by Crippen LogP contribution is 2.18. The third kappa shape index (κ3) is 3.19. The molecular weight excluding hydrogens is 262 g/mol. The van der Waals surface area contributed by atoms with Gasteiger partial charge in [-0.3, -0.25) is 4.79 Å². The van der Waals surface area contributed by atoms with E-state index in [1.807, 2.05) is 0 Å². The minimum atomic E-state index is -0.497. The molecule has 104 valence electrons. The molecule has 20 heavy (non-hydrogen) atoms. The lowest BCUT2D eigenvalue weighted by Gasteiger charge is -2.22. The van der Waals surface area contributed by atoms with Crippen LogP contribution in [-0.4, -0.2) is 19.0 Å². The van der Waals surface area contributed by atoms with E-state index in [4.69, 9.17) is 5.73 Å². The van der Waals surface area contributed by atoms with E-state index in [0.717, 1.165) is 6.07 Å². The Morgan fingerprint density at radius 2 is 1.70 bits per heavy atom. The van der Waals surface area contributed by atoms with Gasteiger partial charge >= 0.3 is 0 Å². The van der Waals surface area contributed by atoms with E-state index in [9.17, 15) is 13.6 Å². The fourth-order valence-corrected chi connectivity index (χ4v) is 1.90. The van der Waals surface area contributed by atoms with E-state index in [1.54, 1.807) is 6.07 Å². The maximum Gasteiger partial charge on any atom is 0.258 e. The zero-order valence-corrected chi connectivity index (χ0v) is 10.7. The van der Waals surface area contributed by atoms with Crippen LogP contribution in [0.25, 0.3) is 0 Å². The first kappa shape index (κ1) is 14.1. The predicted molar refractivity (Wildman–Crippen MR) is 73.5 cm³/mol. The molecular formula is C15H14F2N2O. The van der Waals surface area contributed by atoms with Crippen molar-refractivity contribution in [1.82, 2.24) is 0 Å². The van der Waals surface area contributed by atoms with Crippen LogP contribution in [0, 0.1) is 11.6 Å². The molecule has 2 rings (SSSR count). The Balaban J connectivity index is 2.35. The van der Waals surface area contributed by atoms with Gasteiger partial charge in [-0.05, 0) is 36.4 Å². The first-order chi connectivity index (χ1) is 9.61. The fraction of sp³-hybridized carbons (Fsp3) is 0.133. The van der Waals surface area contributed by atoms with E-state index in [2.05, 4.69) is 0 Å². The molecule has 0 bridgehead atoms. The van der Waals surface area contributed by atoms with Crippen molar-refractivity contribution in [3.63, 3.8) is 0 Å². The summed E-state index contributed by atoms with van der Waals surface area (Å²) in [4.78, 5) is 13.7. The van der Waals surface area contributed by atoms with E-state index < -0.39 is 17.5 Å². The Labute approximate surface area is 115 Å². The molecule has 0 saturated carbocycles. The third-order valence-electron chi connectivity index (χ3n) is 2.79. The molecule has 1 amide bonds. The highest BCUT2D eigenvalue weighted by Gasteiger charge is 2.17. The second-order valence-electron chi connectivity index (χ2n) is 4.24. The number of carbonyl (C=O) groups is 1. The summed E-state index contributed by atoms with van der Waals surface area (Å²) in [6.45, 7) is 0.441. The van der Waals surface area contributed by atoms with Crippen molar-refractivity contribution < 1.29 is 13.6 Å². The molecule has 2 N–H and O–H groups in total. The number of rotatable bonds is 4. The average Bonchev–Trinajstić information content (AvgIpc) is 2.44. The number of benzene rings is 2. The van der Waals surface area contributed by atoms with Gasteiger partial charge in [-0.15, -0.1) is 0 Å². The normalized spacial score (nSPS) is 10.3. The molecule has 0 radical (unpaired) electrons. The number of hydrogen-bond donors (Lipinski definition) is 1. The summed E-state index contributed by atoms with van der Waals surface area (Å²) in [5.74, 6) is -1.36. The molecule has 0 spiro atoms. The van der Waals surface area contributed by atoms with Gasteiger partial charge in [-0.25, -0.2) is 8.78 Å². The molecule has 0 aliphatic carbocycles. The number of amides is 1. The minimum Gasteiger partial charge on any atom is -0.329 e. The molecule has 0 heterocycles. The smallest absolute Gasteiger partial charge is 0.258 e. The molecule has 0 saturated heterocycles. The summed E-state index contributed by atoms with van der Waals surface area (Å²) in [5.41, 5.74) is 6.08. The van der Waals surface area contributed by atoms with Crippen molar-refractivity contribution in [2.24, 2.45) is 5.73 Å². The maximum absolute atomic E-state index is 13.3. The Hall–Kier alpha value is -2.27. The van der Waals surface area contributed by atoms with Gasteiger partial charge in [0.1, 0.15) is 11.6 Å². The number of hydrogen-bond acceptors (Lipinski definition) is 2. The summed E-state index contributed by atoms with van der Waals surface area (Å²) in [6.07, 6.45) is 0. The lowest BCUT2D eigenvalue weighted by Crippen LogP contribution is -2.35. The zero-order valence-electron chi connectivity index (χ0n) is 10.7. The number of nitrogens with zero attached hydrogens (tertiary/aromatic N) is 1. The van der Waals surface area contributed by atoms with Gasteiger partial charge in [0.05, 0.1) is 0 Å². The van der Waals surface area contributed by atoms with Crippen molar-refractivity contribution in [3.8, 4) is 0 Å². The molecule has 0 aliphatic heterocycles. The number of halogens is 2. The lowest BCUT2D eigenvalue weighted by molar-refractivity contribution is 0.0987. The standard InChI is InChI=1S/C15H14F2N2O/c16-12-4-1-3-11(9-12)15(20)19(8-7-18)14-6-2-5-13(17)10-14/h1-6,9-10H,7-8,18H2. The molecule has 3 nitrogen and oxygen atoms in total. The Morgan fingerprint density at radius 3 is 2.30 bits per heavy atom. The van der Waals surface area contributed by atoms with Crippen molar-refractivity contribution >= 4 is 11.6 Å². The summed E-state index contributed by atoms with van der Waals surface area (Å²) >= 11 is 0. The van der Waals surface area contributed by atoms with Gasteiger partial charge in [-0.1, -0.05) is 12.1 Å². The average molecular weight is 276 g/mol. The highest BCUT2D eigenvalue weighted by atomic mass is 19.1. The fourth-order valence-electron chi connectivity index (χ4n) is 1.90. The quantitative estimate of drug-likeness (QED) is 0.933. The van der Waals surface area contributed by atoms with Crippen LogP contribution in [-0.2, 0) is 0 Å². The van der Waals surface area contributed by atoms with E-state index >= 15 is 0 Å². The second-order valence-corrected chi connectivity index (χ2v) is 4.24. The SMILES string of the molecule is NCCN(C(=O)c1cccc(F)c1)c1cccc(F)c1. The van der Waals surface area contributed by atoms with Crippen molar-refractivity contribution in [2.75, 3.05) is 18.0 Å². The highest BCUT2D eigenvalue weighted by molar-refractivity contribution is 6.06. The van der Waals surface area contributed by atoms with E-state index in [1.165, 1.54) is 41.3 Å². The van der Waals surface area contributed by atoms with Crippen molar-refractivity contribution in [1.29, 1.82) is 0 Å². The van der Waals surface area contributed by atoms with Crippen LogP contribution >= 0.6 is 0 Å². The Bertz CT molecular complexity index is 616. The Morgan fingerprint density at radius 1 is 1.05 bits per heavy atom. The van der Waals surface area contributed by atoms with Gasteiger partial charge in [0, 0.05) is 24.3 Å². The zero-order chi connectivity index (χ0) is 14.5. The van der Waals surface area contributed by atoms with E-state index in [-0.39, 0.29) is 18.7 Å². The van der Waals surface area contributed by atoms with Crippen LogP contribution in [0.4, 0.5) is 14.5 Å². The maximum atomic E-state index is 13.3. The minimum absolute atomic E-state index is 0.197.